The summed E-state index contributed by atoms with van der Waals surface area (Å²) in [7, 11) is 1.37. The second kappa shape index (κ2) is 4.95. The number of hydrogen-bond donors (Lipinski definition) is 0. The maximum Gasteiger partial charge on any atom is 0.307 e. The summed E-state index contributed by atoms with van der Waals surface area (Å²) in [4.78, 5) is 12.7. The largest absolute Gasteiger partial charge is 0.469 e. The van der Waals surface area contributed by atoms with E-state index in [0.29, 0.717) is 24.7 Å². The first kappa shape index (κ1) is 11.0. The van der Waals surface area contributed by atoms with Crippen molar-refractivity contribution in [2.45, 2.75) is 12.5 Å². The Bertz CT molecular complexity index is 254. The van der Waals surface area contributed by atoms with E-state index >= 15 is 0 Å². The summed E-state index contributed by atoms with van der Waals surface area (Å²) in [6, 6.07) is 0. The van der Waals surface area contributed by atoms with Crippen molar-refractivity contribution in [3.63, 3.8) is 0 Å². The molecule has 0 aromatic rings. The van der Waals surface area contributed by atoms with Gasteiger partial charge in [-0.1, -0.05) is 6.58 Å². The Morgan fingerprint density at radius 1 is 1.93 bits per heavy atom. The van der Waals surface area contributed by atoms with Crippen molar-refractivity contribution in [3.05, 3.63) is 12.7 Å². The zero-order valence-corrected chi connectivity index (χ0v) is 8.88. The number of esters is 1. The molecule has 1 atom stereocenters. The fraction of sp³-hybridized carbons (Fsp3) is 0.556. The molecule has 0 aromatic heterocycles. The Kier molecular flexibility index (Phi) is 3.88. The number of nitrogens with zero attached hydrogens (tertiary/aromatic N) is 1. The number of thiocarbonyl (C=S) groups is 1. The fourth-order valence-electron chi connectivity index (χ4n) is 1.17. The molecule has 0 radical (unpaired) electrons. The third-order valence-corrected chi connectivity index (χ3v) is 2.34. The second-order valence-electron chi connectivity index (χ2n) is 2.93. The molecule has 4 nitrogen and oxygen atoms in total. The van der Waals surface area contributed by atoms with E-state index in [-0.39, 0.29) is 12.1 Å². The summed E-state index contributed by atoms with van der Waals surface area (Å²) in [5, 5.41) is 0.429. The van der Waals surface area contributed by atoms with Gasteiger partial charge in [0.15, 0.2) is 0 Å². The highest BCUT2D eigenvalue weighted by Crippen LogP contribution is 2.12. The molecule has 1 saturated heterocycles. The van der Waals surface area contributed by atoms with Gasteiger partial charge in [0.25, 0.3) is 5.17 Å². The van der Waals surface area contributed by atoms with Crippen LogP contribution in [-0.4, -0.2) is 42.3 Å². The number of methoxy groups -OCH3 is 1. The molecule has 1 aliphatic rings. The average Bonchev–Trinajstić information content (AvgIpc) is 2.55. The molecule has 0 spiro atoms. The van der Waals surface area contributed by atoms with Crippen molar-refractivity contribution in [2.24, 2.45) is 0 Å². The Morgan fingerprint density at radius 3 is 3.14 bits per heavy atom. The van der Waals surface area contributed by atoms with Crippen LogP contribution >= 0.6 is 12.2 Å². The van der Waals surface area contributed by atoms with Gasteiger partial charge in [0, 0.05) is 6.54 Å². The first-order chi connectivity index (χ1) is 6.67. The maximum absolute atomic E-state index is 10.9. The van der Waals surface area contributed by atoms with Crippen LogP contribution in [-0.2, 0) is 14.3 Å². The van der Waals surface area contributed by atoms with Gasteiger partial charge in [-0.15, -0.1) is 0 Å². The highest BCUT2D eigenvalue weighted by molar-refractivity contribution is 7.80. The van der Waals surface area contributed by atoms with Crippen LogP contribution in [0.2, 0.25) is 0 Å². The first-order valence-corrected chi connectivity index (χ1v) is 4.73. The highest BCUT2D eigenvalue weighted by Gasteiger charge is 2.25. The van der Waals surface area contributed by atoms with Gasteiger partial charge in [-0.25, -0.2) is 0 Å². The van der Waals surface area contributed by atoms with Gasteiger partial charge >= 0.3 is 5.97 Å². The van der Waals surface area contributed by atoms with Crippen molar-refractivity contribution >= 4 is 23.4 Å². The summed E-state index contributed by atoms with van der Waals surface area (Å²) in [5.74, 6) is -0.241. The van der Waals surface area contributed by atoms with Crippen molar-refractivity contribution < 1.29 is 14.3 Å². The number of ether oxygens (including phenoxy) is 2. The van der Waals surface area contributed by atoms with Crippen LogP contribution in [0.4, 0.5) is 0 Å². The van der Waals surface area contributed by atoms with E-state index in [1.165, 1.54) is 7.11 Å². The molecule has 14 heavy (non-hydrogen) atoms. The zero-order chi connectivity index (χ0) is 10.6. The van der Waals surface area contributed by atoms with Crippen LogP contribution in [0.25, 0.3) is 0 Å². The van der Waals surface area contributed by atoms with Crippen LogP contribution in [0.3, 0.4) is 0 Å². The predicted octanol–water partition coefficient (Wildman–Crippen LogP) is 0.721. The Hall–Kier alpha value is -1.10. The number of hydrogen-bond acceptors (Lipinski definition) is 4. The number of carbonyl (C=O) groups excluding carboxylic acids is 1. The molecule has 0 aromatic carbocycles. The van der Waals surface area contributed by atoms with Gasteiger partial charge in [0.1, 0.15) is 6.10 Å². The summed E-state index contributed by atoms with van der Waals surface area (Å²) in [6.07, 6.45) is 1.97. The van der Waals surface area contributed by atoms with E-state index in [4.69, 9.17) is 17.0 Å². The first-order valence-electron chi connectivity index (χ1n) is 4.32. The maximum atomic E-state index is 10.9. The standard InChI is InChI=1S/C9H13NO3S/c1-3-7-6-10(9(14)13-7)5-4-8(11)12-2/h3,7H,1,4-6H2,2H3. The van der Waals surface area contributed by atoms with Crippen LogP contribution in [0, 0.1) is 0 Å². The van der Waals surface area contributed by atoms with E-state index < -0.39 is 0 Å². The number of carbonyl (C=O) groups is 1. The van der Waals surface area contributed by atoms with Gasteiger partial charge in [-0.2, -0.15) is 0 Å². The molecule has 0 N–H and O–H groups in total. The third-order valence-electron chi connectivity index (χ3n) is 1.99. The van der Waals surface area contributed by atoms with Crippen LogP contribution < -0.4 is 0 Å². The molecule has 1 heterocycles. The SMILES string of the molecule is C=CC1CN(CCC(=O)OC)C(=S)O1. The fourth-order valence-corrected chi connectivity index (χ4v) is 1.46. The monoisotopic (exact) mass is 215 g/mol. The van der Waals surface area contributed by atoms with E-state index in [1.54, 1.807) is 6.08 Å². The Balaban J connectivity index is 2.35. The van der Waals surface area contributed by atoms with Crippen LogP contribution in [0.5, 0.6) is 0 Å². The molecule has 1 fully saturated rings. The van der Waals surface area contributed by atoms with Crippen LogP contribution in [0.1, 0.15) is 6.42 Å². The van der Waals surface area contributed by atoms with Crippen LogP contribution in [0.15, 0.2) is 12.7 Å². The van der Waals surface area contributed by atoms with E-state index in [1.807, 2.05) is 4.90 Å². The predicted molar refractivity (Wildman–Crippen MR) is 55.9 cm³/mol. The summed E-state index contributed by atoms with van der Waals surface area (Å²) >= 11 is 4.98. The molecular formula is C9H13NO3S. The molecule has 0 amide bonds. The molecule has 1 unspecified atom stereocenters. The minimum absolute atomic E-state index is 0.0554. The topological polar surface area (TPSA) is 38.8 Å². The molecular weight excluding hydrogens is 202 g/mol. The lowest BCUT2D eigenvalue weighted by molar-refractivity contribution is -0.140. The minimum atomic E-state index is -0.241. The highest BCUT2D eigenvalue weighted by atomic mass is 32.1. The molecule has 5 heteroatoms. The molecule has 1 rings (SSSR count). The second-order valence-corrected chi connectivity index (χ2v) is 3.28. The number of rotatable bonds is 4. The van der Waals surface area contributed by atoms with Gasteiger partial charge < -0.3 is 14.4 Å². The average molecular weight is 215 g/mol. The third kappa shape index (κ3) is 2.70. The van der Waals surface area contributed by atoms with Crippen molar-refractivity contribution in [3.8, 4) is 0 Å². The summed E-state index contributed by atoms with van der Waals surface area (Å²) in [6.45, 7) is 4.82. The lowest BCUT2D eigenvalue weighted by Gasteiger charge is -2.13. The lowest BCUT2D eigenvalue weighted by Crippen LogP contribution is -2.27. The van der Waals surface area contributed by atoms with Crippen molar-refractivity contribution in [1.82, 2.24) is 4.90 Å². The van der Waals surface area contributed by atoms with E-state index in [0.717, 1.165) is 0 Å². The molecule has 0 bridgehead atoms. The Morgan fingerprint density at radius 2 is 2.64 bits per heavy atom. The van der Waals surface area contributed by atoms with Crippen molar-refractivity contribution in [1.29, 1.82) is 0 Å². The molecule has 0 saturated carbocycles. The molecule has 78 valence electrons. The van der Waals surface area contributed by atoms with E-state index in [2.05, 4.69) is 11.3 Å². The van der Waals surface area contributed by atoms with E-state index in [9.17, 15) is 4.79 Å². The normalized spacial score (nSPS) is 20.5. The molecule has 1 aliphatic heterocycles. The van der Waals surface area contributed by atoms with Crippen molar-refractivity contribution in [2.75, 3.05) is 20.2 Å². The summed E-state index contributed by atoms with van der Waals surface area (Å²) in [5.41, 5.74) is 0. The zero-order valence-electron chi connectivity index (χ0n) is 8.06. The smallest absolute Gasteiger partial charge is 0.307 e. The minimum Gasteiger partial charge on any atom is -0.469 e. The van der Waals surface area contributed by atoms with Gasteiger partial charge in [-0.05, 0) is 18.3 Å². The quantitative estimate of drug-likeness (QED) is 0.392. The lowest BCUT2D eigenvalue weighted by atomic mass is 10.3. The van der Waals surface area contributed by atoms with Gasteiger partial charge in [-0.3, -0.25) is 4.79 Å². The Labute approximate surface area is 88.5 Å². The summed E-state index contributed by atoms with van der Waals surface area (Å²) < 4.78 is 9.80. The van der Waals surface area contributed by atoms with Gasteiger partial charge in [0.05, 0.1) is 20.1 Å². The molecule has 0 aliphatic carbocycles. The van der Waals surface area contributed by atoms with Gasteiger partial charge in [0.2, 0.25) is 0 Å².